The highest BCUT2D eigenvalue weighted by Crippen LogP contribution is 2.22. The van der Waals surface area contributed by atoms with Crippen LogP contribution in [0.5, 0.6) is 5.75 Å². The fourth-order valence-electron chi connectivity index (χ4n) is 3.44. The third-order valence-corrected chi connectivity index (χ3v) is 5.86. The predicted molar refractivity (Wildman–Crippen MR) is 118 cm³/mol. The summed E-state index contributed by atoms with van der Waals surface area (Å²) in [5, 5.41) is 2.13. The summed E-state index contributed by atoms with van der Waals surface area (Å²) in [7, 11) is 0. The maximum Gasteiger partial charge on any atom is 0.119 e. The molecule has 0 radical (unpaired) electrons. The lowest BCUT2D eigenvalue weighted by molar-refractivity contribution is 0.302. The third kappa shape index (κ3) is 4.28. The Morgan fingerprint density at radius 2 is 1.82 bits per heavy atom. The molecule has 0 spiro atoms. The number of aromatic nitrogens is 2. The molecule has 0 aliphatic heterocycles. The average Bonchev–Trinajstić information content (AvgIpc) is 3.34. The lowest BCUT2D eigenvalue weighted by atomic mass is 10.0. The van der Waals surface area contributed by atoms with E-state index in [-0.39, 0.29) is 0 Å². The number of benzene rings is 2. The molecule has 0 atom stereocenters. The van der Waals surface area contributed by atoms with Crippen molar-refractivity contribution in [2.75, 3.05) is 6.61 Å². The van der Waals surface area contributed by atoms with Crippen molar-refractivity contribution in [2.24, 2.45) is 0 Å². The molecule has 0 N–H and O–H groups in total. The summed E-state index contributed by atoms with van der Waals surface area (Å²) in [5.41, 5.74) is 3.62. The van der Waals surface area contributed by atoms with Crippen molar-refractivity contribution < 1.29 is 4.74 Å². The molecule has 3 nitrogen and oxygen atoms in total. The van der Waals surface area contributed by atoms with Crippen LogP contribution in [0.3, 0.4) is 0 Å². The average molecular weight is 391 g/mol. The van der Waals surface area contributed by atoms with Crippen molar-refractivity contribution in [3.05, 3.63) is 82.3 Å². The minimum Gasteiger partial charge on any atom is -0.494 e. The van der Waals surface area contributed by atoms with Gasteiger partial charge in [-0.3, -0.25) is 0 Å². The lowest BCUT2D eigenvalue weighted by Crippen LogP contribution is -2.08. The summed E-state index contributed by atoms with van der Waals surface area (Å²) in [4.78, 5) is 6.22. The molecule has 0 unspecified atom stereocenters. The number of para-hydroxylation sites is 2. The number of fused-ring (bicyclic) bond motifs is 1. The SMILES string of the molecule is CC(C)c1ccc(OCCCn2c(Cc3cccs3)nc3ccccc32)cc1. The number of hydrogen-bond acceptors (Lipinski definition) is 3. The highest BCUT2D eigenvalue weighted by atomic mass is 32.1. The van der Waals surface area contributed by atoms with Gasteiger partial charge in [-0.05, 0) is 53.6 Å². The Bertz CT molecular complexity index is 1020. The van der Waals surface area contributed by atoms with E-state index < -0.39 is 0 Å². The zero-order chi connectivity index (χ0) is 19.3. The first-order valence-corrected chi connectivity index (χ1v) is 10.8. The molecule has 0 fully saturated rings. The van der Waals surface area contributed by atoms with Crippen LogP contribution in [0, 0.1) is 0 Å². The van der Waals surface area contributed by atoms with Gasteiger partial charge in [0, 0.05) is 17.8 Å². The van der Waals surface area contributed by atoms with Crippen LogP contribution in [0.2, 0.25) is 0 Å². The normalized spacial score (nSPS) is 11.4. The second-order valence-corrected chi connectivity index (χ2v) is 8.38. The van der Waals surface area contributed by atoms with Gasteiger partial charge in [-0.15, -0.1) is 11.3 Å². The van der Waals surface area contributed by atoms with E-state index in [0.717, 1.165) is 36.5 Å². The quantitative estimate of drug-likeness (QED) is 0.331. The molecule has 0 bridgehead atoms. The number of thiophene rings is 1. The first-order chi connectivity index (χ1) is 13.7. The van der Waals surface area contributed by atoms with Crippen molar-refractivity contribution in [1.29, 1.82) is 0 Å². The van der Waals surface area contributed by atoms with Gasteiger partial charge in [-0.2, -0.15) is 0 Å². The van der Waals surface area contributed by atoms with E-state index in [0.29, 0.717) is 12.5 Å². The van der Waals surface area contributed by atoms with Gasteiger partial charge < -0.3 is 9.30 Å². The number of hydrogen-bond donors (Lipinski definition) is 0. The number of ether oxygens (including phenoxy) is 1. The first-order valence-electron chi connectivity index (χ1n) is 9.90. The fourth-order valence-corrected chi connectivity index (χ4v) is 4.14. The molecule has 0 aliphatic rings. The van der Waals surface area contributed by atoms with Gasteiger partial charge in [-0.1, -0.05) is 44.2 Å². The van der Waals surface area contributed by atoms with Crippen molar-refractivity contribution in [3.63, 3.8) is 0 Å². The van der Waals surface area contributed by atoms with Gasteiger partial charge in [-0.25, -0.2) is 4.98 Å². The maximum absolute atomic E-state index is 5.97. The molecule has 2 heterocycles. The summed E-state index contributed by atoms with van der Waals surface area (Å²) in [6, 6.07) is 21.1. The third-order valence-electron chi connectivity index (χ3n) is 4.99. The molecule has 144 valence electrons. The van der Waals surface area contributed by atoms with Crippen molar-refractivity contribution in [3.8, 4) is 5.75 Å². The summed E-state index contributed by atoms with van der Waals surface area (Å²) in [5.74, 6) is 2.62. The van der Waals surface area contributed by atoms with E-state index in [4.69, 9.17) is 9.72 Å². The Kier molecular flexibility index (Phi) is 5.77. The second-order valence-electron chi connectivity index (χ2n) is 7.35. The molecule has 0 amide bonds. The molecule has 28 heavy (non-hydrogen) atoms. The summed E-state index contributed by atoms with van der Waals surface area (Å²) in [6.45, 7) is 6.02. The Morgan fingerprint density at radius 1 is 1.00 bits per heavy atom. The molecule has 0 aliphatic carbocycles. The van der Waals surface area contributed by atoms with E-state index in [1.807, 2.05) is 0 Å². The molecular formula is C24H26N2OS. The van der Waals surface area contributed by atoms with Crippen molar-refractivity contribution in [2.45, 2.75) is 39.2 Å². The molecule has 4 aromatic rings. The van der Waals surface area contributed by atoms with Crippen molar-refractivity contribution in [1.82, 2.24) is 9.55 Å². The standard InChI is InChI=1S/C24H26N2OS/c1-18(2)19-10-12-20(13-11-19)27-15-6-14-26-23-9-4-3-8-22(23)25-24(26)17-21-7-5-16-28-21/h3-5,7-13,16,18H,6,14-15,17H2,1-2H3. The smallest absolute Gasteiger partial charge is 0.119 e. The fraction of sp³-hybridized carbons (Fsp3) is 0.292. The van der Waals surface area contributed by atoms with Gasteiger partial charge >= 0.3 is 0 Å². The van der Waals surface area contributed by atoms with Crippen molar-refractivity contribution >= 4 is 22.4 Å². The zero-order valence-electron chi connectivity index (χ0n) is 16.5. The van der Waals surface area contributed by atoms with Crippen LogP contribution in [0.25, 0.3) is 11.0 Å². The molecule has 2 aromatic heterocycles. The highest BCUT2D eigenvalue weighted by molar-refractivity contribution is 7.09. The van der Waals surface area contributed by atoms with Gasteiger partial charge in [0.05, 0.1) is 17.6 Å². The van der Waals surface area contributed by atoms with Gasteiger partial charge in [0.15, 0.2) is 0 Å². The van der Waals surface area contributed by atoms with Crippen LogP contribution in [0.1, 0.15) is 42.5 Å². The Hall–Kier alpha value is -2.59. The van der Waals surface area contributed by atoms with Crippen LogP contribution in [-0.4, -0.2) is 16.2 Å². The Labute approximate surface area is 170 Å². The van der Waals surface area contributed by atoms with Gasteiger partial charge in [0.2, 0.25) is 0 Å². The molecule has 0 saturated carbocycles. The topological polar surface area (TPSA) is 27.1 Å². The molecule has 2 aromatic carbocycles. The molecule has 4 heteroatoms. The van der Waals surface area contributed by atoms with Crippen LogP contribution < -0.4 is 4.74 Å². The minimum absolute atomic E-state index is 0.547. The molecule has 0 saturated heterocycles. The van der Waals surface area contributed by atoms with Crippen LogP contribution in [0.4, 0.5) is 0 Å². The van der Waals surface area contributed by atoms with Crippen LogP contribution >= 0.6 is 11.3 Å². The summed E-state index contributed by atoms with van der Waals surface area (Å²) >= 11 is 1.79. The highest BCUT2D eigenvalue weighted by Gasteiger charge is 2.11. The van der Waals surface area contributed by atoms with E-state index in [1.54, 1.807) is 11.3 Å². The number of nitrogens with zero attached hydrogens (tertiary/aromatic N) is 2. The number of aryl methyl sites for hydroxylation is 1. The van der Waals surface area contributed by atoms with E-state index in [2.05, 4.69) is 84.5 Å². The van der Waals surface area contributed by atoms with Gasteiger partial charge in [0.25, 0.3) is 0 Å². The second kappa shape index (κ2) is 8.61. The van der Waals surface area contributed by atoms with Gasteiger partial charge in [0.1, 0.15) is 11.6 Å². The van der Waals surface area contributed by atoms with E-state index in [9.17, 15) is 0 Å². The lowest BCUT2D eigenvalue weighted by Gasteiger charge is -2.11. The zero-order valence-corrected chi connectivity index (χ0v) is 17.3. The van der Waals surface area contributed by atoms with E-state index >= 15 is 0 Å². The number of imidazole rings is 1. The van der Waals surface area contributed by atoms with E-state index in [1.165, 1.54) is 16.0 Å². The monoisotopic (exact) mass is 390 g/mol. The maximum atomic E-state index is 5.97. The Balaban J connectivity index is 1.42. The Morgan fingerprint density at radius 3 is 2.57 bits per heavy atom. The predicted octanol–water partition coefficient (Wildman–Crippen LogP) is 6.28. The minimum atomic E-state index is 0.547. The summed E-state index contributed by atoms with van der Waals surface area (Å²) in [6.07, 6.45) is 1.83. The number of rotatable bonds is 8. The molecule has 4 rings (SSSR count). The van der Waals surface area contributed by atoms with Crippen LogP contribution in [-0.2, 0) is 13.0 Å². The largest absolute Gasteiger partial charge is 0.494 e. The summed E-state index contributed by atoms with van der Waals surface area (Å²) < 4.78 is 8.31. The first kappa shape index (κ1) is 18.8. The van der Waals surface area contributed by atoms with Crippen LogP contribution in [0.15, 0.2) is 66.0 Å². The molecular weight excluding hydrogens is 364 g/mol.